The Labute approximate surface area is 142 Å². The highest BCUT2D eigenvalue weighted by atomic mass is 19.1. The summed E-state index contributed by atoms with van der Waals surface area (Å²) in [5.41, 5.74) is 9.78. The van der Waals surface area contributed by atoms with E-state index in [0.29, 0.717) is 5.65 Å². The number of halogens is 1. The number of nitrogens with zero attached hydrogens (tertiary/aromatic N) is 2. The molecule has 1 aliphatic carbocycles. The van der Waals surface area contributed by atoms with Gasteiger partial charge in [0.1, 0.15) is 17.5 Å². The Morgan fingerprint density at radius 3 is 2.92 bits per heavy atom. The maximum atomic E-state index is 13.3. The monoisotopic (exact) mass is 334 g/mol. The van der Waals surface area contributed by atoms with Gasteiger partial charge in [-0.1, -0.05) is 18.2 Å². The van der Waals surface area contributed by atoms with Crippen molar-refractivity contribution in [3.63, 3.8) is 0 Å². The lowest BCUT2D eigenvalue weighted by Gasteiger charge is -2.07. The predicted molar refractivity (Wildman–Crippen MR) is 94.2 cm³/mol. The first-order valence-corrected chi connectivity index (χ1v) is 8.16. The van der Waals surface area contributed by atoms with Crippen molar-refractivity contribution in [1.82, 2.24) is 14.4 Å². The molecule has 3 heterocycles. The molecule has 0 unspecified atom stereocenters. The van der Waals surface area contributed by atoms with E-state index in [-0.39, 0.29) is 23.7 Å². The summed E-state index contributed by atoms with van der Waals surface area (Å²) in [6, 6.07) is 11.8. The van der Waals surface area contributed by atoms with E-state index in [0.717, 1.165) is 22.0 Å². The summed E-state index contributed by atoms with van der Waals surface area (Å²) >= 11 is 0. The minimum atomic E-state index is -1.06. The number of aromatic amines is 1. The van der Waals surface area contributed by atoms with E-state index in [1.807, 2.05) is 48.8 Å². The van der Waals surface area contributed by atoms with E-state index in [4.69, 9.17) is 5.73 Å². The number of carbonyl (C=O) groups excluding carboxylic acids is 1. The second kappa shape index (κ2) is 4.92. The van der Waals surface area contributed by atoms with Crippen molar-refractivity contribution < 1.29 is 9.18 Å². The second-order valence-electron chi connectivity index (χ2n) is 6.46. The number of hydrogen-bond donors (Lipinski definition) is 2. The van der Waals surface area contributed by atoms with Crippen LogP contribution in [0.3, 0.4) is 0 Å². The van der Waals surface area contributed by atoms with Crippen LogP contribution >= 0.6 is 0 Å². The lowest BCUT2D eigenvalue weighted by atomic mass is 10.0. The maximum absolute atomic E-state index is 13.3. The number of ketones is 1. The number of alkyl halides is 1. The molecule has 3 aromatic heterocycles. The normalized spacial score (nSPS) is 19.6. The molecule has 6 heteroatoms. The zero-order valence-corrected chi connectivity index (χ0v) is 13.2. The fourth-order valence-corrected chi connectivity index (χ4v) is 3.40. The minimum absolute atomic E-state index is 0.152. The first-order chi connectivity index (χ1) is 12.1. The van der Waals surface area contributed by atoms with E-state index in [1.165, 1.54) is 0 Å². The van der Waals surface area contributed by atoms with E-state index in [1.54, 1.807) is 4.40 Å². The van der Waals surface area contributed by atoms with Gasteiger partial charge in [-0.2, -0.15) is 0 Å². The van der Waals surface area contributed by atoms with Gasteiger partial charge in [-0.05, 0) is 30.0 Å². The molecule has 0 spiro atoms. The first-order valence-electron chi connectivity index (χ1n) is 8.16. The number of rotatable bonds is 3. The Bertz CT molecular complexity index is 1140. The average molecular weight is 334 g/mol. The molecule has 0 aliphatic heterocycles. The highest BCUT2D eigenvalue weighted by Crippen LogP contribution is 2.38. The number of fused-ring (bicyclic) bond motifs is 2. The number of aromatic nitrogens is 3. The highest BCUT2D eigenvalue weighted by Gasteiger charge is 2.45. The van der Waals surface area contributed by atoms with E-state index in [9.17, 15) is 9.18 Å². The van der Waals surface area contributed by atoms with Gasteiger partial charge in [-0.15, -0.1) is 0 Å². The zero-order valence-electron chi connectivity index (χ0n) is 13.2. The van der Waals surface area contributed by atoms with Crippen LogP contribution in [0.1, 0.15) is 16.9 Å². The Morgan fingerprint density at radius 2 is 2.12 bits per heavy atom. The number of hydrogen-bond acceptors (Lipinski definition) is 3. The van der Waals surface area contributed by atoms with Crippen molar-refractivity contribution in [2.45, 2.75) is 12.6 Å². The largest absolute Gasteiger partial charge is 0.382 e. The van der Waals surface area contributed by atoms with Gasteiger partial charge in [0.05, 0.1) is 11.4 Å². The molecule has 0 amide bonds. The SMILES string of the molecule is Nc1nc2ccc(-c3cccc4cc[nH]c34)cn2c1C(=O)[C@@H]1C[C@@H]1F. The molecule has 1 fully saturated rings. The molecule has 5 rings (SSSR count). The number of H-pyrrole nitrogens is 1. The molecule has 2 atom stereocenters. The van der Waals surface area contributed by atoms with Crippen LogP contribution in [-0.2, 0) is 0 Å². The van der Waals surface area contributed by atoms with Crippen molar-refractivity contribution in [3.05, 3.63) is 54.5 Å². The minimum Gasteiger partial charge on any atom is -0.382 e. The molecule has 5 nitrogen and oxygen atoms in total. The summed E-state index contributed by atoms with van der Waals surface area (Å²) in [5, 5.41) is 1.11. The van der Waals surface area contributed by atoms with Crippen LogP contribution in [0.4, 0.5) is 10.2 Å². The average Bonchev–Trinajstić information content (AvgIpc) is 3.03. The number of nitrogens with one attached hydrogen (secondary N) is 1. The van der Waals surface area contributed by atoms with Crippen molar-refractivity contribution in [1.29, 1.82) is 0 Å². The third-order valence-electron chi connectivity index (χ3n) is 4.83. The molecular weight excluding hydrogens is 319 g/mol. The Kier molecular flexibility index (Phi) is 2.80. The first kappa shape index (κ1) is 14.2. The molecule has 0 bridgehead atoms. The van der Waals surface area contributed by atoms with Gasteiger partial charge in [0.25, 0.3) is 0 Å². The fraction of sp³-hybridized carbons (Fsp3) is 0.158. The number of anilines is 1. The van der Waals surface area contributed by atoms with Crippen LogP contribution in [0.25, 0.3) is 27.7 Å². The van der Waals surface area contributed by atoms with Crippen molar-refractivity contribution in [2.24, 2.45) is 5.92 Å². The molecule has 124 valence electrons. The molecule has 1 aromatic carbocycles. The van der Waals surface area contributed by atoms with Crippen LogP contribution in [0, 0.1) is 5.92 Å². The molecule has 3 N–H and O–H groups in total. The van der Waals surface area contributed by atoms with Gasteiger partial charge in [-0.3, -0.25) is 9.20 Å². The van der Waals surface area contributed by atoms with Gasteiger partial charge < -0.3 is 10.7 Å². The number of para-hydroxylation sites is 1. The topological polar surface area (TPSA) is 76.2 Å². The van der Waals surface area contributed by atoms with Crippen molar-refractivity contribution in [2.75, 3.05) is 5.73 Å². The number of imidazole rings is 1. The Hall–Kier alpha value is -3.15. The van der Waals surface area contributed by atoms with Crippen LogP contribution in [0.2, 0.25) is 0 Å². The lowest BCUT2D eigenvalue weighted by Crippen LogP contribution is -2.10. The van der Waals surface area contributed by atoms with Crippen LogP contribution in [0.15, 0.2) is 48.8 Å². The van der Waals surface area contributed by atoms with Crippen molar-refractivity contribution >= 4 is 28.2 Å². The lowest BCUT2D eigenvalue weighted by molar-refractivity contribution is 0.0952. The van der Waals surface area contributed by atoms with E-state index in [2.05, 4.69) is 9.97 Å². The fourth-order valence-electron chi connectivity index (χ4n) is 3.40. The standard InChI is InChI=1S/C19H15FN4O/c20-14-8-13(14)18(25)17-19(21)23-15-5-4-11(9-24(15)17)12-3-1-2-10-6-7-22-16(10)12/h1-7,9,13-14,22H,8,21H2/t13-,14+/m1/s1. The van der Waals surface area contributed by atoms with Gasteiger partial charge in [0.2, 0.25) is 0 Å². The summed E-state index contributed by atoms with van der Waals surface area (Å²) in [5.74, 6) is -0.704. The summed E-state index contributed by atoms with van der Waals surface area (Å²) in [6.45, 7) is 0. The molecule has 4 aromatic rings. The molecule has 25 heavy (non-hydrogen) atoms. The number of carbonyl (C=O) groups is 1. The third kappa shape index (κ3) is 2.07. The summed E-state index contributed by atoms with van der Waals surface area (Å²) in [4.78, 5) is 20.0. The summed E-state index contributed by atoms with van der Waals surface area (Å²) in [7, 11) is 0. The Morgan fingerprint density at radius 1 is 1.28 bits per heavy atom. The summed E-state index contributed by atoms with van der Waals surface area (Å²) in [6.07, 6.45) is 2.95. The maximum Gasteiger partial charge on any atom is 0.189 e. The molecule has 0 saturated heterocycles. The van der Waals surface area contributed by atoms with Crippen LogP contribution < -0.4 is 5.73 Å². The molecular formula is C19H15FN4O. The number of benzene rings is 1. The third-order valence-corrected chi connectivity index (χ3v) is 4.83. The van der Waals surface area contributed by atoms with E-state index >= 15 is 0 Å². The van der Waals surface area contributed by atoms with Gasteiger partial charge in [-0.25, -0.2) is 9.37 Å². The number of nitrogens with two attached hydrogens (primary N) is 1. The zero-order chi connectivity index (χ0) is 17.1. The highest BCUT2D eigenvalue weighted by molar-refractivity contribution is 6.03. The Balaban J connectivity index is 1.71. The second-order valence-corrected chi connectivity index (χ2v) is 6.46. The van der Waals surface area contributed by atoms with E-state index < -0.39 is 12.1 Å². The summed E-state index contributed by atoms with van der Waals surface area (Å²) < 4.78 is 15.0. The number of nitrogen functional groups attached to an aromatic ring is 1. The smallest absolute Gasteiger partial charge is 0.189 e. The number of Topliss-reactive ketones (excluding diaryl/α,β-unsaturated/α-hetero) is 1. The van der Waals surface area contributed by atoms with Crippen LogP contribution in [-0.4, -0.2) is 26.3 Å². The van der Waals surface area contributed by atoms with Gasteiger partial charge in [0, 0.05) is 23.5 Å². The number of pyridine rings is 1. The molecule has 0 radical (unpaired) electrons. The molecule has 1 aliphatic rings. The quantitative estimate of drug-likeness (QED) is 0.562. The van der Waals surface area contributed by atoms with Crippen LogP contribution in [0.5, 0.6) is 0 Å². The molecule has 1 saturated carbocycles. The van der Waals surface area contributed by atoms with Gasteiger partial charge in [0.15, 0.2) is 11.6 Å². The van der Waals surface area contributed by atoms with Gasteiger partial charge >= 0.3 is 0 Å². The van der Waals surface area contributed by atoms with Crippen molar-refractivity contribution in [3.8, 4) is 11.1 Å². The predicted octanol–water partition coefficient (Wildman–Crippen LogP) is 3.61.